The van der Waals surface area contributed by atoms with Crippen LogP contribution in [0.5, 0.6) is 5.88 Å². The highest BCUT2D eigenvalue weighted by Crippen LogP contribution is 2.23. The number of aryl methyl sites for hydroxylation is 1. The number of aromatic nitrogens is 2. The molecule has 1 saturated heterocycles. The summed E-state index contributed by atoms with van der Waals surface area (Å²) in [6, 6.07) is 1.96. The fourth-order valence-corrected chi connectivity index (χ4v) is 2.62. The zero-order valence-corrected chi connectivity index (χ0v) is 12.9. The highest BCUT2D eigenvalue weighted by Gasteiger charge is 2.20. The van der Waals surface area contributed by atoms with E-state index in [0.29, 0.717) is 12.5 Å². The normalized spacial score (nSPS) is 16.4. The zero-order chi connectivity index (χ0) is 14.4. The third kappa shape index (κ3) is 4.07. The molecule has 1 aliphatic rings. The van der Waals surface area contributed by atoms with Crippen molar-refractivity contribution in [3.63, 3.8) is 0 Å². The highest BCUT2D eigenvalue weighted by molar-refractivity contribution is 5.42. The SMILES string of the molecule is CCNCC1CCN(c2cc(OCC)nc(C)n2)CC1. The first-order chi connectivity index (χ1) is 9.72. The average molecular weight is 278 g/mol. The fourth-order valence-electron chi connectivity index (χ4n) is 2.62. The van der Waals surface area contributed by atoms with Gasteiger partial charge in [0.1, 0.15) is 11.6 Å². The van der Waals surface area contributed by atoms with Gasteiger partial charge in [0, 0.05) is 19.2 Å². The molecule has 0 aromatic carbocycles. The molecule has 1 aromatic heterocycles. The molecule has 20 heavy (non-hydrogen) atoms. The van der Waals surface area contributed by atoms with Crippen LogP contribution in [0, 0.1) is 12.8 Å². The van der Waals surface area contributed by atoms with Crippen molar-refractivity contribution >= 4 is 5.82 Å². The third-order valence-electron chi connectivity index (χ3n) is 3.71. The van der Waals surface area contributed by atoms with E-state index in [2.05, 4.69) is 27.1 Å². The number of hydrogen-bond acceptors (Lipinski definition) is 5. The van der Waals surface area contributed by atoms with Crippen molar-refractivity contribution in [2.75, 3.05) is 37.7 Å². The van der Waals surface area contributed by atoms with Gasteiger partial charge in [-0.3, -0.25) is 0 Å². The minimum atomic E-state index is 0.640. The molecule has 0 radical (unpaired) electrons. The molecule has 112 valence electrons. The van der Waals surface area contributed by atoms with Crippen LogP contribution in [-0.2, 0) is 0 Å². The Morgan fingerprint density at radius 1 is 1.30 bits per heavy atom. The maximum atomic E-state index is 5.50. The molecule has 2 heterocycles. The van der Waals surface area contributed by atoms with E-state index < -0.39 is 0 Å². The lowest BCUT2D eigenvalue weighted by molar-refractivity contribution is 0.325. The van der Waals surface area contributed by atoms with E-state index in [9.17, 15) is 0 Å². The monoisotopic (exact) mass is 278 g/mol. The van der Waals surface area contributed by atoms with Crippen molar-refractivity contribution in [1.82, 2.24) is 15.3 Å². The number of nitrogens with one attached hydrogen (secondary N) is 1. The van der Waals surface area contributed by atoms with Crippen molar-refractivity contribution in [2.45, 2.75) is 33.6 Å². The van der Waals surface area contributed by atoms with Gasteiger partial charge >= 0.3 is 0 Å². The quantitative estimate of drug-likeness (QED) is 0.862. The lowest BCUT2D eigenvalue weighted by Crippen LogP contribution is -2.37. The minimum absolute atomic E-state index is 0.640. The topological polar surface area (TPSA) is 50.3 Å². The molecule has 5 nitrogen and oxygen atoms in total. The Morgan fingerprint density at radius 2 is 2.05 bits per heavy atom. The van der Waals surface area contributed by atoms with E-state index in [1.165, 1.54) is 12.8 Å². The molecule has 0 bridgehead atoms. The Morgan fingerprint density at radius 3 is 2.70 bits per heavy atom. The first-order valence-corrected chi connectivity index (χ1v) is 7.67. The van der Waals surface area contributed by atoms with Gasteiger partial charge in [0.2, 0.25) is 5.88 Å². The van der Waals surface area contributed by atoms with Crippen molar-refractivity contribution in [2.24, 2.45) is 5.92 Å². The molecule has 5 heteroatoms. The van der Waals surface area contributed by atoms with Crippen LogP contribution < -0.4 is 15.0 Å². The van der Waals surface area contributed by atoms with Crippen molar-refractivity contribution < 1.29 is 4.74 Å². The lowest BCUT2D eigenvalue weighted by Gasteiger charge is -2.33. The summed E-state index contributed by atoms with van der Waals surface area (Å²) in [5.74, 6) is 3.26. The summed E-state index contributed by atoms with van der Waals surface area (Å²) in [6.45, 7) is 11.0. The number of hydrogen-bond donors (Lipinski definition) is 1. The summed E-state index contributed by atoms with van der Waals surface area (Å²) in [4.78, 5) is 11.2. The lowest BCUT2D eigenvalue weighted by atomic mass is 9.97. The predicted octanol–water partition coefficient (Wildman–Crippen LogP) is 2.01. The summed E-state index contributed by atoms with van der Waals surface area (Å²) in [5, 5.41) is 3.44. The molecule has 0 aliphatic carbocycles. The van der Waals surface area contributed by atoms with Gasteiger partial charge in [-0.25, -0.2) is 4.98 Å². The van der Waals surface area contributed by atoms with Gasteiger partial charge in [0.15, 0.2) is 0 Å². The van der Waals surface area contributed by atoms with Crippen LogP contribution in [0.15, 0.2) is 6.07 Å². The third-order valence-corrected chi connectivity index (χ3v) is 3.71. The summed E-state index contributed by atoms with van der Waals surface area (Å²) in [7, 11) is 0. The van der Waals surface area contributed by atoms with Crippen LogP contribution >= 0.6 is 0 Å². The van der Waals surface area contributed by atoms with Gasteiger partial charge in [0.25, 0.3) is 0 Å². The molecule has 0 amide bonds. The minimum Gasteiger partial charge on any atom is -0.478 e. The summed E-state index contributed by atoms with van der Waals surface area (Å²) >= 11 is 0. The molecular formula is C15H26N4O. The molecule has 0 saturated carbocycles. The fraction of sp³-hybridized carbons (Fsp3) is 0.733. The van der Waals surface area contributed by atoms with Crippen LogP contribution in [0.1, 0.15) is 32.5 Å². The number of nitrogens with zero attached hydrogens (tertiary/aromatic N) is 3. The summed E-state index contributed by atoms with van der Waals surface area (Å²) in [6.07, 6.45) is 2.44. The van der Waals surface area contributed by atoms with E-state index in [0.717, 1.165) is 43.7 Å². The van der Waals surface area contributed by atoms with Crippen LogP contribution in [0.3, 0.4) is 0 Å². The Hall–Kier alpha value is -1.36. The predicted molar refractivity (Wildman–Crippen MR) is 81.4 cm³/mol. The Labute approximate surface area is 121 Å². The van der Waals surface area contributed by atoms with Crippen LogP contribution in [0.25, 0.3) is 0 Å². The highest BCUT2D eigenvalue weighted by atomic mass is 16.5. The molecule has 1 aliphatic heterocycles. The van der Waals surface area contributed by atoms with Gasteiger partial charge in [-0.1, -0.05) is 6.92 Å². The molecule has 0 unspecified atom stereocenters. The van der Waals surface area contributed by atoms with Gasteiger partial charge in [-0.15, -0.1) is 0 Å². The summed E-state index contributed by atoms with van der Waals surface area (Å²) in [5.41, 5.74) is 0. The van der Waals surface area contributed by atoms with E-state index in [4.69, 9.17) is 4.74 Å². The van der Waals surface area contributed by atoms with Gasteiger partial charge in [-0.05, 0) is 45.7 Å². The summed E-state index contributed by atoms with van der Waals surface area (Å²) < 4.78 is 5.50. The van der Waals surface area contributed by atoms with Crippen LogP contribution in [0.4, 0.5) is 5.82 Å². The number of anilines is 1. The van der Waals surface area contributed by atoms with Crippen molar-refractivity contribution in [3.8, 4) is 5.88 Å². The average Bonchev–Trinajstić information content (AvgIpc) is 2.45. The Bertz CT molecular complexity index is 416. The second kappa shape index (κ2) is 7.43. The molecular weight excluding hydrogens is 252 g/mol. The maximum Gasteiger partial charge on any atom is 0.218 e. The number of rotatable bonds is 6. The van der Waals surface area contributed by atoms with Gasteiger partial charge in [0.05, 0.1) is 6.61 Å². The number of piperidine rings is 1. The van der Waals surface area contributed by atoms with Gasteiger partial charge in [-0.2, -0.15) is 4.98 Å². The number of ether oxygens (including phenoxy) is 1. The Kier molecular flexibility index (Phi) is 5.59. The molecule has 0 atom stereocenters. The first-order valence-electron chi connectivity index (χ1n) is 7.67. The van der Waals surface area contributed by atoms with E-state index in [1.807, 2.05) is 19.9 Å². The molecule has 1 aromatic rings. The smallest absolute Gasteiger partial charge is 0.218 e. The second-order valence-electron chi connectivity index (χ2n) is 5.28. The Balaban J connectivity index is 1.96. The van der Waals surface area contributed by atoms with E-state index in [1.54, 1.807) is 0 Å². The first kappa shape index (κ1) is 15.0. The zero-order valence-electron chi connectivity index (χ0n) is 12.9. The second-order valence-corrected chi connectivity index (χ2v) is 5.28. The van der Waals surface area contributed by atoms with Crippen molar-refractivity contribution in [3.05, 3.63) is 11.9 Å². The van der Waals surface area contributed by atoms with Gasteiger partial charge < -0.3 is 15.0 Å². The largest absolute Gasteiger partial charge is 0.478 e. The van der Waals surface area contributed by atoms with Crippen LogP contribution in [0.2, 0.25) is 0 Å². The van der Waals surface area contributed by atoms with Crippen LogP contribution in [-0.4, -0.2) is 42.8 Å². The molecule has 2 rings (SSSR count). The molecule has 1 N–H and O–H groups in total. The maximum absolute atomic E-state index is 5.50. The molecule has 1 fully saturated rings. The standard InChI is InChI=1S/C15H26N4O/c1-4-16-11-13-6-8-19(9-7-13)14-10-15(20-5-2)18-12(3)17-14/h10,13,16H,4-9,11H2,1-3H3. The molecule has 0 spiro atoms. The van der Waals surface area contributed by atoms with E-state index >= 15 is 0 Å². The van der Waals surface area contributed by atoms with E-state index in [-0.39, 0.29) is 0 Å². The van der Waals surface area contributed by atoms with Crippen molar-refractivity contribution in [1.29, 1.82) is 0 Å².